The zero-order valence-electron chi connectivity index (χ0n) is 8.53. The molecule has 0 saturated heterocycles. The average molecular weight is 319 g/mol. The first-order valence-corrected chi connectivity index (χ1v) is 5.78. The lowest BCUT2D eigenvalue weighted by molar-refractivity contribution is -0.143. The minimum absolute atomic E-state index is 0.369. The summed E-state index contributed by atoms with van der Waals surface area (Å²) < 4.78 is 1.04. The van der Waals surface area contributed by atoms with Crippen LogP contribution in [0.25, 0.3) is 0 Å². The fourth-order valence-electron chi connectivity index (χ4n) is 1.50. The van der Waals surface area contributed by atoms with Crippen LogP contribution in [0.4, 0.5) is 0 Å². The van der Waals surface area contributed by atoms with Gasteiger partial charge in [0.15, 0.2) is 0 Å². The molecular formula is C11H14INO2. The summed E-state index contributed by atoms with van der Waals surface area (Å²) in [5.41, 5.74) is 5.40. The summed E-state index contributed by atoms with van der Waals surface area (Å²) in [6, 6.07) is 7.54. The topological polar surface area (TPSA) is 63.3 Å². The monoisotopic (exact) mass is 319 g/mol. The Morgan fingerprint density at radius 3 is 2.73 bits per heavy atom. The standard InChI is InChI=1S/C11H14INO2/c1-11(5-6-13,10(14)15)8-3-2-4-9(12)7-8/h2-4,7H,5-6,13H2,1H3,(H,14,15). The SMILES string of the molecule is CC(CCN)(C(=O)O)c1cccc(I)c1. The molecule has 0 saturated carbocycles. The molecule has 1 aromatic carbocycles. The normalized spacial score (nSPS) is 14.6. The van der Waals surface area contributed by atoms with Crippen LogP contribution >= 0.6 is 22.6 Å². The third-order valence-electron chi connectivity index (χ3n) is 2.58. The number of hydrogen-bond acceptors (Lipinski definition) is 2. The molecule has 1 atom stereocenters. The molecule has 0 fully saturated rings. The number of hydrogen-bond donors (Lipinski definition) is 2. The van der Waals surface area contributed by atoms with E-state index in [1.807, 2.05) is 24.3 Å². The highest BCUT2D eigenvalue weighted by Gasteiger charge is 2.34. The number of carboxylic acid groups (broad SMARTS) is 1. The number of carbonyl (C=O) groups is 1. The number of aliphatic carboxylic acids is 1. The van der Waals surface area contributed by atoms with Crippen LogP contribution < -0.4 is 5.73 Å². The van der Waals surface area contributed by atoms with Gasteiger partial charge in [-0.1, -0.05) is 12.1 Å². The van der Waals surface area contributed by atoms with Gasteiger partial charge in [-0.3, -0.25) is 4.79 Å². The van der Waals surface area contributed by atoms with Gasteiger partial charge in [-0.15, -0.1) is 0 Å². The van der Waals surface area contributed by atoms with Crippen molar-refractivity contribution in [3.63, 3.8) is 0 Å². The Morgan fingerprint density at radius 2 is 2.27 bits per heavy atom. The molecule has 0 aliphatic carbocycles. The number of halogens is 1. The fourth-order valence-corrected chi connectivity index (χ4v) is 2.04. The van der Waals surface area contributed by atoms with Gasteiger partial charge in [0.1, 0.15) is 0 Å². The smallest absolute Gasteiger partial charge is 0.313 e. The number of rotatable bonds is 4. The van der Waals surface area contributed by atoms with Crippen molar-refractivity contribution in [3.05, 3.63) is 33.4 Å². The third-order valence-corrected chi connectivity index (χ3v) is 3.25. The first-order chi connectivity index (χ1) is 7.00. The van der Waals surface area contributed by atoms with Gasteiger partial charge in [-0.25, -0.2) is 0 Å². The molecule has 1 unspecified atom stereocenters. The van der Waals surface area contributed by atoms with E-state index in [9.17, 15) is 9.90 Å². The van der Waals surface area contributed by atoms with Gasteiger partial charge in [0.05, 0.1) is 5.41 Å². The van der Waals surface area contributed by atoms with Crippen LogP contribution in [0.5, 0.6) is 0 Å². The van der Waals surface area contributed by atoms with E-state index in [1.165, 1.54) is 0 Å². The van der Waals surface area contributed by atoms with E-state index >= 15 is 0 Å². The first kappa shape index (κ1) is 12.4. The minimum atomic E-state index is -0.879. The quantitative estimate of drug-likeness (QED) is 0.834. The molecule has 3 nitrogen and oxygen atoms in total. The zero-order valence-corrected chi connectivity index (χ0v) is 10.7. The molecule has 0 aliphatic heterocycles. The molecule has 0 bridgehead atoms. The number of carboxylic acids is 1. The Bertz CT molecular complexity index is 367. The average Bonchev–Trinajstić information content (AvgIpc) is 2.17. The maximum atomic E-state index is 11.3. The summed E-state index contributed by atoms with van der Waals surface area (Å²) >= 11 is 2.17. The van der Waals surface area contributed by atoms with Gasteiger partial charge in [0, 0.05) is 3.57 Å². The van der Waals surface area contributed by atoms with Gasteiger partial charge < -0.3 is 10.8 Å². The molecule has 4 heteroatoms. The molecule has 1 rings (SSSR count). The van der Waals surface area contributed by atoms with Crippen molar-refractivity contribution in [1.82, 2.24) is 0 Å². The molecule has 0 aliphatic rings. The predicted molar refractivity (Wildman–Crippen MR) is 67.8 cm³/mol. The maximum Gasteiger partial charge on any atom is 0.313 e. The lowest BCUT2D eigenvalue weighted by atomic mass is 9.79. The Kier molecular flexibility index (Phi) is 4.10. The molecule has 0 heterocycles. The van der Waals surface area contributed by atoms with Crippen LogP contribution in [0.3, 0.4) is 0 Å². The van der Waals surface area contributed by atoms with Gasteiger partial charge in [0.25, 0.3) is 0 Å². The lowest BCUT2D eigenvalue weighted by Gasteiger charge is -2.24. The van der Waals surface area contributed by atoms with Crippen LogP contribution in [0.2, 0.25) is 0 Å². The minimum Gasteiger partial charge on any atom is -0.481 e. The van der Waals surface area contributed by atoms with Crippen molar-refractivity contribution >= 4 is 28.6 Å². The number of benzene rings is 1. The van der Waals surface area contributed by atoms with Gasteiger partial charge >= 0.3 is 5.97 Å². The Labute approximate surface area is 103 Å². The third kappa shape index (κ3) is 2.69. The van der Waals surface area contributed by atoms with Crippen LogP contribution in [0, 0.1) is 3.57 Å². The maximum absolute atomic E-state index is 11.3. The molecular weight excluding hydrogens is 305 g/mol. The van der Waals surface area contributed by atoms with Crippen LogP contribution in [0.15, 0.2) is 24.3 Å². The summed E-state index contributed by atoms with van der Waals surface area (Å²) in [6.45, 7) is 2.09. The van der Waals surface area contributed by atoms with E-state index in [4.69, 9.17) is 5.73 Å². The van der Waals surface area contributed by atoms with Crippen LogP contribution in [0.1, 0.15) is 18.9 Å². The summed E-state index contributed by atoms with van der Waals surface area (Å²) in [4.78, 5) is 11.3. The van der Waals surface area contributed by atoms with Crippen LogP contribution in [-0.4, -0.2) is 17.6 Å². The fraction of sp³-hybridized carbons (Fsp3) is 0.364. The van der Waals surface area contributed by atoms with Gasteiger partial charge in [0.2, 0.25) is 0 Å². The van der Waals surface area contributed by atoms with Crippen molar-refractivity contribution in [2.24, 2.45) is 5.73 Å². The highest BCUT2D eigenvalue weighted by atomic mass is 127. The van der Waals surface area contributed by atoms with Crippen molar-refractivity contribution < 1.29 is 9.90 Å². The highest BCUT2D eigenvalue weighted by Crippen LogP contribution is 2.28. The van der Waals surface area contributed by atoms with E-state index in [0.29, 0.717) is 13.0 Å². The molecule has 3 N–H and O–H groups in total. The van der Waals surface area contributed by atoms with Crippen molar-refractivity contribution in [2.75, 3.05) is 6.54 Å². The van der Waals surface area contributed by atoms with Gasteiger partial charge in [-0.05, 0) is 60.2 Å². The van der Waals surface area contributed by atoms with E-state index in [1.54, 1.807) is 6.92 Å². The summed E-state index contributed by atoms with van der Waals surface area (Å²) in [5, 5.41) is 9.25. The molecule has 82 valence electrons. The lowest BCUT2D eigenvalue weighted by Crippen LogP contribution is -2.34. The second-order valence-electron chi connectivity index (χ2n) is 3.69. The molecule has 0 aromatic heterocycles. The molecule has 0 radical (unpaired) electrons. The summed E-state index contributed by atoms with van der Waals surface area (Å²) in [6.07, 6.45) is 0.447. The molecule has 0 amide bonds. The zero-order chi connectivity index (χ0) is 11.5. The first-order valence-electron chi connectivity index (χ1n) is 4.70. The summed E-state index contributed by atoms with van der Waals surface area (Å²) in [5.74, 6) is -0.824. The second kappa shape index (κ2) is 4.94. The van der Waals surface area contributed by atoms with Gasteiger partial charge in [-0.2, -0.15) is 0 Å². The van der Waals surface area contributed by atoms with E-state index in [2.05, 4.69) is 22.6 Å². The molecule has 1 aromatic rings. The highest BCUT2D eigenvalue weighted by molar-refractivity contribution is 14.1. The molecule has 0 spiro atoms. The predicted octanol–water partition coefficient (Wildman–Crippen LogP) is 1.98. The number of nitrogens with two attached hydrogens (primary N) is 1. The van der Waals surface area contributed by atoms with E-state index in [0.717, 1.165) is 9.13 Å². The van der Waals surface area contributed by atoms with E-state index in [-0.39, 0.29) is 0 Å². The van der Waals surface area contributed by atoms with Crippen molar-refractivity contribution in [1.29, 1.82) is 0 Å². The van der Waals surface area contributed by atoms with Crippen LogP contribution in [-0.2, 0) is 10.2 Å². The second-order valence-corrected chi connectivity index (χ2v) is 4.93. The largest absolute Gasteiger partial charge is 0.481 e. The Hall–Kier alpha value is -0.620. The molecule has 15 heavy (non-hydrogen) atoms. The Balaban J connectivity index is 3.15. The van der Waals surface area contributed by atoms with Crippen molar-refractivity contribution in [3.8, 4) is 0 Å². The van der Waals surface area contributed by atoms with Crippen molar-refractivity contribution in [2.45, 2.75) is 18.8 Å². The summed E-state index contributed by atoms with van der Waals surface area (Å²) in [7, 11) is 0. The van der Waals surface area contributed by atoms with E-state index < -0.39 is 11.4 Å². The Morgan fingerprint density at radius 1 is 1.60 bits per heavy atom.